The van der Waals surface area contributed by atoms with E-state index in [-0.39, 0.29) is 5.56 Å². The van der Waals surface area contributed by atoms with Gasteiger partial charge in [-0.25, -0.2) is 4.79 Å². The number of aromatic carboxylic acids is 1. The van der Waals surface area contributed by atoms with Gasteiger partial charge in [0.15, 0.2) is 0 Å². The van der Waals surface area contributed by atoms with E-state index in [2.05, 4.69) is 74.3 Å². The van der Waals surface area contributed by atoms with Gasteiger partial charge < -0.3 is 10.1 Å². The highest BCUT2D eigenvalue weighted by molar-refractivity contribution is 6.33. The normalized spacial score (nSPS) is 11.2. The Balaban J connectivity index is 1.75. The predicted molar refractivity (Wildman–Crippen MR) is 141 cm³/mol. The summed E-state index contributed by atoms with van der Waals surface area (Å²) in [4.78, 5) is 15.0. The third-order valence-electron chi connectivity index (χ3n) is 6.36. The molecule has 0 spiro atoms. The molecule has 34 heavy (non-hydrogen) atoms. The fraction of sp³-hybridized carbons (Fsp3) is 0.100. The van der Waals surface area contributed by atoms with Crippen molar-refractivity contribution in [3.63, 3.8) is 0 Å². The fourth-order valence-electron chi connectivity index (χ4n) is 4.72. The lowest BCUT2D eigenvalue weighted by Crippen LogP contribution is -1.96. The van der Waals surface area contributed by atoms with E-state index in [4.69, 9.17) is 11.6 Å². The van der Waals surface area contributed by atoms with E-state index >= 15 is 0 Å². The van der Waals surface area contributed by atoms with Crippen molar-refractivity contribution in [3.05, 3.63) is 106 Å². The highest BCUT2D eigenvalue weighted by Crippen LogP contribution is 2.42. The SMILES string of the molecule is Cc1ccc2[nH]c(-c3cccc(-c4ccc(C(=O)O)cc4Cl)c3)c(-c3c(C)cccc3C)c2c1. The number of H-pyrrole nitrogens is 1. The zero-order valence-electron chi connectivity index (χ0n) is 19.2. The lowest BCUT2D eigenvalue weighted by atomic mass is 9.90. The topological polar surface area (TPSA) is 53.1 Å². The van der Waals surface area contributed by atoms with Crippen LogP contribution in [-0.4, -0.2) is 16.1 Å². The van der Waals surface area contributed by atoms with Gasteiger partial charge in [-0.1, -0.05) is 65.7 Å². The third-order valence-corrected chi connectivity index (χ3v) is 6.68. The minimum atomic E-state index is -0.992. The van der Waals surface area contributed by atoms with Crippen molar-refractivity contribution >= 4 is 28.5 Å². The summed E-state index contributed by atoms with van der Waals surface area (Å²) >= 11 is 6.49. The van der Waals surface area contributed by atoms with Crippen LogP contribution in [0.25, 0.3) is 44.4 Å². The number of aromatic nitrogens is 1. The Hall–Kier alpha value is -3.82. The van der Waals surface area contributed by atoms with E-state index in [0.29, 0.717) is 5.02 Å². The zero-order valence-corrected chi connectivity index (χ0v) is 20.0. The molecule has 0 radical (unpaired) electrons. The van der Waals surface area contributed by atoms with Gasteiger partial charge in [-0.2, -0.15) is 0 Å². The summed E-state index contributed by atoms with van der Waals surface area (Å²) in [6.45, 7) is 6.42. The van der Waals surface area contributed by atoms with Crippen molar-refractivity contribution in [1.82, 2.24) is 4.98 Å². The maximum Gasteiger partial charge on any atom is 0.335 e. The molecule has 1 heterocycles. The highest BCUT2D eigenvalue weighted by Gasteiger charge is 2.19. The van der Waals surface area contributed by atoms with Crippen LogP contribution >= 0.6 is 11.6 Å². The highest BCUT2D eigenvalue weighted by atomic mass is 35.5. The van der Waals surface area contributed by atoms with Crippen LogP contribution in [0.4, 0.5) is 0 Å². The van der Waals surface area contributed by atoms with Gasteiger partial charge >= 0.3 is 5.97 Å². The van der Waals surface area contributed by atoms with Crippen LogP contribution in [0.15, 0.2) is 78.9 Å². The number of aromatic amines is 1. The molecule has 0 amide bonds. The second-order valence-corrected chi connectivity index (χ2v) is 9.18. The van der Waals surface area contributed by atoms with E-state index in [0.717, 1.165) is 27.9 Å². The van der Waals surface area contributed by atoms with Crippen LogP contribution in [0.1, 0.15) is 27.0 Å². The van der Waals surface area contributed by atoms with Crippen LogP contribution in [0.3, 0.4) is 0 Å². The maximum atomic E-state index is 11.3. The zero-order chi connectivity index (χ0) is 24.0. The van der Waals surface area contributed by atoms with Crippen LogP contribution < -0.4 is 0 Å². The molecule has 0 unspecified atom stereocenters. The van der Waals surface area contributed by atoms with E-state index in [1.165, 1.54) is 39.3 Å². The molecular formula is C30H24ClNO2. The lowest BCUT2D eigenvalue weighted by Gasteiger charge is -2.13. The number of carboxylic acids is 1. The Kier molecular flexibility index (Phi) is 5.51. The van der Waals surface area contributed by atoms with E-state index in [1.54, 1.807) is 12.1 Å². The molecule has 4 heteroatoms. The van der Waals surface area contributed by atoms with Crippen molar-refractivity contribution in [2.24, 2.45) is 0 Å². The van der Waals surface area contributed by atoms with E-state index < -0.39 is 5.97 Å². The molecule has 0 aliphatic carbocycles. The van der Waals surface area contributed by atoms with Crippen molar-refractivity contribution < 1.29 is 9.90 Å². The first-order valence-electron chi connectivity index (χ1n) is 11.2. The molecule has 0 bridgehead atoms. The molecule has 2 N–H and O–H groups in total. The molecule has 0 saturated heterocycles. The van der Waals surface area contributed by atoms with E-state index in [1.807, 2.05) is 12.1 Å². The predicted octanol–water partition coefficient (Wildman–Crippen LogP) is 8.45. The van der Waals surface area contributed by atoms with Gasteiger partial charge in [0.1, 0.15) is 0 Å². The summed E-state index contributed by atoms with van der Waals surface area (Å²) in [5.41, 5.74) is 11.2. The number of hydrogen-bond acceptors (Lipinski definition) is 1. The molecule has 1 aromatic heterocycles. The summed E-state index contributed by atoms with van der Waals surface area (Å²) in [6, 6.07) is 26.0. The second kappa shape index (κ2) is 8.51. The maximum absolute atomic E-state index is 11.3. The Morgan fingerprint density at radius 2 is 1.50 bits per heavy atom. The summed E-state index contributed by atoms with van der Waals surface area (Å²) < 4.78 is 0. The molecule has 0 saturated carbocycles. The standard InChI is InChI=1S/C30H24ClNO2/c1-17-10-13-26-24(14-17)28(27-18(2)6-4-7-19(27)3)29(32-26)21-9-5-8-20(15-21)23-12-11-22(30(33)34)16-25(23)31/h4-16,32H,1-3H3,(H,33,34). The van der Waals surface area contributed by atoms with Gasteiger partial charge in [-0.15, -0.1) is 0 Å². The molecule has 168 valence electrons. The molecule has 0 aliphatic heterocycles. The third kappa shape index (κ3) is 3.78. The van der Waals surface area contributed by atoms with Gasteiger partial charge in [0, 0.05) is 27.1 Å². The van der Waals surface area contributed by atoms with Crippen LogP contribution in [0.5, 0.6) is 0 Å². The lowest BCUT2D eigenvalue weighted by molar-refractivity contribution is 0.0697. The second-order valence-electron chi connectivity index (χ2n) is 8.77. The number of aryl methyl sites for hydroxylation is 3. The van der Waals surface area contributed by atoms with Crippen molar-refractivity contribution in [2.45, 2.75) is 20.8 Å². The van der Waals surface area contributed by atoms with Gasteiger partial charge in [0.25, 0.3) is 0 Å². The van der Waals surface area contributed by atoms with Gasteiger partial charge in [0.05, 0.1) is 11.3 Å². The number of halogens is 1. The average Bonchev–Trinajstić information content (AvgIpc) is 3.17. The Morgan fingerprint density at radius 3 is 2.21 bits per heavy atom. The van der Waals surface area contributed by atoms with Gasteiger partial charge in [-0.05, 0) is 78.9 Å². The number of fused-ring (bicyclic) bond motifs is 1. The van der Waals surface area contributed by atoms with Gasteiger partial charge in [0.2, 0.25) is 0 Å². The molecule has 0 atom stereocenters. The summed E-state index contributed by atoms with van der Waals surface area (Å²) in [6.07, 6.45) is 0. The monoisotopic (exact) mass is 465 g/mol. The fourth-order valence-corrected chi connectivity index (χ4v) is 5.00. The Morgan fingerprint density at radius 1 is 0.794 bits per heavy atom. The van der Waals surface area contributed by atoms with Crippen LogP contribution in [0.2, 0.25) is 5.02 Å². The molecule has 3 nitrogen and oxygen atoms in total. The van der Waals surface area contributed by atoms with Crippen molar-refractivity contribution in [3.8, 4) is 33.5 Å². The molecule has 5 aromatic rings. The summed E-state index contributed by atoms with van der Waals surface area (Å²) in [5, 5.41) is 10.9. The number of hydrogen-bond donors (Lipinski definition) is 2. The smallest absolute Gasteiger partial charge is 0.335 e. The summed E-state index contributed by atoms with van der Waals surface area (Å²) in [7, 11) is 0. The average molecular weight is 466 g/mol. The Labute approximate surface area is 203 Å². The number of nitrogens with one attached hydrogen (secondary N) is 1. The first-order valence-corrected chi connectivity index (χ1v) is 11.5. The number of rotatable bonds is 4. The molecular weight excluding hydrogens is 442 g/mol. The Bertz CT molecular complexity index is 1560. The molecule has 0 aliphatic rings. The summed E-state index contributed by atoms with van der Waals surface area (Å²) in [5.74, 6) is -0.992. The molecule has 0 fully saturated rings. The number of carboxylic acid groups (broad SMARTS) is 1. The van der Waals surface area contributed by atoms with Crippen molar-refractivity contribution in [1.29, 1.82) is 0 Å². The van der Waals surface area contributed by atoms with Crippen LogP contribution in [0, 0.1) is 20.8 Å². The number of benzene rings is 4. The van der Waals surface area contributed by atoms with Crippen LogP contribution in [-0.2, 0) is 0 Å². The quantitative estimate of drug-likeness (QED) is 0.279. The first kappa shape index (κ1) is 22.0. The largest absolute Gasteiger partial charge is 0.478 e. The van der Waals surface area contributed by atoms with E-state index in [9.17, 15) is 9.90 Å². The first-order chi connectivity index (χ1) is 16.3. The van der Waals surface area contributed by atoms with Crippen molar-refractivity contribution in [2.75, 3.05) is 0 Å². The van der Waals surface area contributed by atoms with Gasteiger partial charge in [-0.3, -0.25) is 0 Å². The molecule has 4 aromatic carbocycles. The minimum Gasteiger partial charge on any atom is -0.478 e. The molecule has 5 rings (SSSR count). The minimum absolute atomic E-state index is 0.174. The number of carbonyl (C=O) groups is 1.